The van der Waals surface area contributed by atoms with Crippen molar-refractivity contribution in [3.8, 4) is 0 Å². The van der Waals surface area contributed by atoms with Gasteiger partial charge >= 0.3 is 57.0 Å². The maximum absolute atomic E-state index is 4.25. The zero-order valence-electron chi connectivity index (χ0n) is 18.2. The Balaban J connectivity index is 0. The Hall–Kier alpha value is 0.540. The molecule has 2 unspecified atom stereocenters. The second kappa shape index (κ2) is 19.3. The minimum atomic E-state index is 0.258. The summed E-state index contributed by atoms with van der Waals surface area (Å²) in [4.78, 5) is 0. The fraction of sp³-hybridized carbons (Fsp3) is 0.870. The monoisotopic (exact) mass is 517 g/mol. The summed E-state index contributed by atoms with van der Waals surface area (Å²) in [5, 5.41) is 0. The van der Waals surface area contributed by atoms with Crippen LogP contribution in [0.15, 0.2) is 3.34 Å². The SMILES string of the molecule is CCC(C)(C)[N]=[Ta].CCC1C[CH-]CC(CC)C1.[CH-]1CCCCC1.[CH2-]C. The third kappa shape index (κ3) is 17.7. The summed E-state index contributed by atoms with van der Waals surface area (Å²) in [5.74, 6) is 2.03. The Labute approximate surface area is 173 Å². The summed E-state index contributed by atoms with van der Waals surface area (Å²) >= 11 is 1.16. The average molecular weight is 518 g/mol. The molecule has 0 aliphatic heterocycles. The van der Waals surface area contributed by atoms with E-state index in [4.69, 9.17) is 0 Å². The van der Waals surface area contributed by atoms with Crippen LogP contribution in [0.1, 0.15) is 112 Å². The molecule has 2 fully saturated rings. The second-order valence-electron chi connectivity index (χ2n) is 7.74. The molecule has 0 amide bonds. The molecule has 2 rings (SSSR count). The summed E-state index contributed by atoms with van der Waals surface area (Å²) in [7, 11) is 0. The topological polar surface area (TPSA) is 12.4 Å². The smallest absolute Gasteiger partial charge is 0.0525 e. The summed E-state index contributed by atoms with van der Waals surface area (Å²) in [6.45, 7) is 16.1. The van der Waals surface area contributed by atoms with E-state index in [-0.39, 0.29) is 5.54 Å². The molecule has 25 heavy (non-hydrogen) atoms. The van der Waals surface area contributed by atoms with Crippen molar-refractivity contribution in [2.45, 2.75) is 118 Å². The zero-order chi connectivity index (χ0) is 19.6. The van der Waals surface area contributed by atoms with E-state index < -0.39 is 0 Å². The van der Waals surface area contributed by atoms with Crippen molar-refractivity contribution >= 4 is 0 Å². The first-order valence-electron chi connectivity index (χ1n) is 10.7. The van der Waals surface area contributed by atoms with Gasteiger partial charge in [0.15, 0.2) is 0 Å². The normalized spacial score (nSPS) is 22.8. The minimum absolute atomic E-state index is 0.258. The van der Waals surface area contributed by atoms with Crippen LogP contribution >= 0.6 is 0 Å². The number of nitrogens with zero attached hydrogens (tertiary/aromatic N) is 1. The van der Waals surface area contributed by atoms with Gasteiger partial charge in [0.05, 0.1) is 0 Å². The molecular formula is C23H46NTa-3. The largest absolute Gasteiger partial charge is 0.346 e. The third-order valence-corrected chi connectivity index (χ3v) is 7.22. The van der Waals surface area contributed by atoms with Crippen molar-refractivity contribution in [2.75, 3.05) is 0 Å². The zero-order valence-corrected chi connectivity index (χ0v) is 21.4. The molecule has 0 spiro atoms. The Bertz CT molecular complexity index is 250. The molecule has 0 aromatic rings. The molecule has 0 aromatic heterocycles. The van der Waals surface area contributed by atoms with E-state index in [1.807, 2.05) is 0 Å². The molecule has 0 radical (unpaired) electrons. The van der Waals surface area contributed by atoms with Crippen LogP contribution < -0.4 is 0 Å². The van der Waals surface area contributed by atoms with Gasteiger partial charge in [-0.2, -0.15) is 32.6 Å². The number of hydrogen-bond donors (Lipinski definition) is 0. The van der Waals surface area contributed by atoms with Crippen LogP contribution in [0.25, 0.3) is 0 Å². The molecule has 0 bridgehead atoms. The van der Waals surface area contributed by atoms with Gasteiger partial charge < -0.3 is 19.8 Å². The van der Waals surface area contributed by atoms with Crippen molar-refractivity contribution in [1.82, 2.24) is 0 Å². The first-order valence-corrected chi connectivity index (χ1v) is 12.1. The van der Waals surface area contributed by atoms with E-state index in [9.17, 15) is 0 Å². The van der Waals surface area contributed by atoms with Gasteiger partial charge in [0.25, 0.3) is 0 Å². The Kier molecular flexibility index (Phi) is 21.4. The number of rotatable bonds is 4. The quantitative estimate of drug-likeness (QED) is 0.333. The molecular weight excluding hydrogens is 471 g/mol. The van der Waals surface area contributed by atoms with Gasteiger partial charge in [-0.15, -0.1) is 0 Å². The van der Waals surface area contributed by atoms with E-state index in [1.54, 1.807) is 6.92 Å². The van der Waals surface area contributed by atoms with Gasteiger partial charge in [-0.3, -0.25) is 0 Å². The Morgan fingerprint density at radius 1 is 0.920 bits per heavy atom. The molecule has 2 heteroatoms. The van der Waals surface area contributed by atoms with Crippen molar-refractivity contribution in [1.29, 1.82) is 0 Å². The predicted octanol–water partition coefficient (Wildman–Crippen LogP) is 8.33. The van der Waals surface area contributed by atoms with E-state index in [0.29, 0.717) is 0 Å². The van der Waals surface area contributed by atoms with E-state index in [0.717, 1.165) is 39.1 Å². The molecule has 1 nitrogen and oxygen atoms in total. The second-order valence-corrected chi connectivity index (χ2v) is 8.46. The van der Waals surface area contributed by atoms with E-state index in [2.05, 4.69) is 57.7 Å². The molecule has 2 aliphatic carbocycles. The summed E-state index contributed by atoms with van der Waals surface area (Å²) < 4.78 is 4.25. The third-order valence-electron chi connectivity index (χ3n) is 5.27. The summed E-state index contributed by atoms with van der Waals surface area (Å²) in [6.07, 6.45) is 20.2. The van der Waals surface area contributed by atoms with Crippen molar-refractivity contribution < 1.29 is 20.9 Å². The average Bonchev–Trinajstić information content (AvgIpc) is 2.71. The summed E-state index contributed by atoms with van der Waals surface area (Å²) in [6, 6.07) is 0. The van der Waals surface area contributed by atoms with Crippen LogP contribution in [0.4, 0.5) is 0 Å². The van der Waals surface area contributed by atoms with Gasteiger partial charge in [-0.25, -0.2) is 0 Å². The molecule has 0 saturated heterocycles. The van der Waals surface area contributed by atoms with E-state index >= 15 is 0 Å². The van der Waals surface area contributed by atoms with Crippen molar-refractivity contribution in [3.05, 3.63) is 19.8 Å². The molecule has 2 saturated carbocycles. The van der Waals surface area contributed by atoms with Gasteiger partial charge in [-0.05, 0) is 0 Å². The number of hydrogen-bond acceptors (Lipinski definition) is 1. The van der Waals surface area contributed by atoms with Crippen LogP contribution in [0.2, 0.25) is 0 Å². The van der Waals surface area contributed by atoms with Crippen LogP contribution in [0.3, 0.4) is 0 Å². The molecule has 2 atom stereocenters. The predicted molar refractivity (Wildman–Crippen MR) is 111 cm³/mol. The van der Waals surface area contributed by atoms with Crippen LogP contribution in [-0.4, -0.2) is 5.54 Å². The maximum atomic E-state index is 4.25. The molecule has 2 aliphatic rings. The van der Waals surface area contributed by atoms with Crippen LogP contribution in [-0.2, 0) is 20.9 Å². The van der Waals surface area contributed by atoms with Crippen molar-refractivity contribution in [3.63, 3.8) is 0 Å². The van der Waals surface area contributed by atoms with Crippen LogP contribution in [0.5, 0.6) is 0 Å². The van der Waals surface area contributed by atoms with Gasteiger partial charge in [0.2, 0.25) is 0 Å². The van der Waals surface area contributed by atoms with E-state index in [1.165, 1.54) is 64.2 Å². The molecule has 151 valence electrons. The fourth-order valence-corrected chi connectivity index (χ4v) is 3.38. The fourth-order valence-electron chi connectivity index (χ4n) is 2.87. The van der Waals surface area contributed by atoms with Gasteiger partial charge in [-0.1, -0.05) is 64.2 Å². The molecule has 0 heterocycles. The minimum Gasteiger partial charge on any atom is -0.346 e. The Morgan fingerprint density at radius 3 is 1.60 bits per heavy atom. The van der Waals surface area contributed by atoms with Crippen molar-refractivity contribution in [2.24, 2.45) is 15.2 Å². The Morgan fingerprint density at radius 2 is 1.40 bits per heavy atom. The first kappa shape index (κ1) is 27.8. The van der Waals surface area contributed by atoms with Gasteiger partial charge in [0, 0.05) is 0 Å². The molecule has 0 N–H and O–H groups in total. The summed E-state index contributed by atoms with van der Waals surface area (Å²) in [5.41, 5.74) is 0.258. The first-order chi connectivity index (χ1) is 12.0. The van der Waals surface area contributed by atoms with Crippen LogP contribution in [0, 0.1) is 31.6 Å². The van der Waals surface area contributed by atoms with Gasteiger partial charge in [0.1, 0.15) is 0 Å². The standard InChI is InChI=1S/C10H19.C6H11.C5H11N.C2H5.Ta/c1-3-9-6-5-7-10(4-2)8-9;1-2-4-6-5-3-1;1-4-5(2,3)6;1-2;/h5,9-10H,3-4,6-8H2,1-2H3;1H,2-6H2;4H2,1-3H3;1H2,2H3;/q2*-1;;-1;. The maximum Gasteiger partial charge on any atom is -0.0525 e. The molecule has 0 aromatic carbocycles.